The topological polar surface area (TPSA) is 28.1 Å². The van der Waals surface area contributed by atoms with Crippen molar-refractivity contribution in [2.24, 2.45) is 0 Å². The van der Waals surface area contributed by atoms with Crippen molar-refractivity contribution < 1.29 is 0 Å². The van der Waals surface area contributed by atoms with E-state index in [4.69, 9.17) is 5.39 Å². The molecular weight excluding hydrogens is 88.1 g/mol. The Balaban J connectivity index is 3.94. The van der Waals surface area contributed by atoms with E-state index in [0.717, 1.165) is 0 Å². The van der Waals surface area contributed by atoms with E-state index in [-0.39, 0.29) is 0 Å². The molecular formula is C5H7N2+. The fourth-order valence-electron chi connectivity index (χ4n) is 0.216. The van der Waals surface area contributed by atoms with Gasteiger partial charge in [0.1, 0.15) is 0 Å². The van der Waals surface area contributed by atoms with E-state index < -0.39 is 0 Å². The molecule has 0 aromatic carbocycles. The van der Waals surface area contributed by atoms with Gasteiger partial charge < -0.3 is 0 Å². The molecule has 0 rings (SSSR count). The molecule has 7 heavy (non-hydrogen) atoms. The zero-order valence-electron chi connectivity index (χ0n) is 4.26. The molecule has 0 aliphatic heterocycles. The van der Waals surface area contributed by atoms with E-state index in [1.165, 1.54) is 6.08 Å². The van der Waals surface area contributed by atoms with Crippen molar-refractivity contribution in [3.05, 3.63) is 29.4 Å². The Bertz CT molecular complexity index is 128. The third-order valence-electron chi connectivity index (χ3n) is 0.620. The van der Waals surface area contributed by atoms with Crippen LogP contribution in [0.1, 0.15) is 6.92 Å². The van der Waals surface area contributed by atoms with E-state index >= 15 is 0 Å². The second kappa shape index (κ2) is 3.10. The zero-order chi connectivity index (χ0) is 5.70. The van der Waals surface area contributed by atoms with Crippen LogP contribution in [-0.2, 0) is 0 Å². The van der Waals surface area contributed by atoms with E-state index in [2.05, 4.69) is 11.6 Å². The van der Waals surface area contributed by atoms with Gasteiger partial charge in [-0.1, -0.05) is 6.58 Å². The van der Waals surface area contributed by atoms with Crippen molar-refractivity contribution in [3.8, 4) is 0 Å². The van der Waals surface area contributed by atoms with Crippen molar-refractivity contribution in [1.29, 1.82) is 5.39 Å². The summed E-state index contributed by atoms with van der Waals surface area (Å²) in [6, 6.07) is 0. The van der Waals surface area contributed by atoms with Crippen LogP contribution in [-0.4, -0.2) is 0 Å². The molecule has 2 nitrogen and oxygen atoms in total. The Morgan fingerprint density at radius 1 is 1.86 bits per heavy atom. The Hall–Kier alpha value is -1.10. The SMILES string of the molecule is C=CC(=CC)[N+]#N. The number of hydrogen-bond acceptors (Lipinski definition) is 1. The molecule has 0 amide bonds. The minimum atomic E-state index is 0.500. The van der Waals surface area contributed by atoms with Gasteiger partial charge in [-0.05, 0) is 6.92 Å². The lowest BCUT2D eigenvalue weighted by Gasteiger charge is -1.58. The van der Waals surface area contributed by atoms with Gasteiger partial charge in [0.05, 0.1) is 0 Å². The predicted octanol–water partition coefficient (Wildman–Crippen LogP) is 1.93. The van der Waals surface area contributed by atoms with Crippen molar-refractivity contribution in [2.45, 2.75) is 6.92 Å². The Morgan fingerprint density at radius 3 is 2.43 bits per heavy atom. The standard InChI is InChI=1S/C5H7N2/c1-3-5(4-2)7-6/h3-4H,1H2,2H3/q+1. The van der Waals surface area contributed by atoms with E-state index in [1.807, 2.05) is 0 Å². The highest BCUT2D eigenvalue weighted by molar-refractivity contribution is 5.20. The molecule has 0 aliphatic carbocycles. The van der Waals surface area contributed by atoms with Gasteiger partial charge in [-0.3, -0.25) is 0 Å². The van der Waals surface area contributed by atoms with Gasteiger partial charge in [0, 0.05) is 12.2 Å². The van der Waals surface area contributed by atoms with Crippen molar-refractivity contribution >= 4 is 0 Å². The molecule has 36 valence electrons. The minimum absolute atomic E-state index is 0.500. The molecule has 2 heteroatoms. The molecule has 0 bridgehead atoms. The first-order chi connectivity index (χ1) is 3.35. The van der Waals surface area contributed by atoms with Crippen LogP contribution in [0.3, 0.4) is 0 Å². The summed E-state index contributed by atoms with van der Waals surface area (Å²) in [6.45, 7) is 5.16. The molecule has 0 heterocycles. The number of rotatable bonds is 1. The molecule has 0 atom stereocenters. The van der Waals surface area contributed by atoms with Gasteiger partial charge in [0.25, 0.3) is 0 Å². The summed E-state index contributed by atoms with van der Waals surface area (Å²) in [5, 5.41) is 8.01. The predicted molar refractivity (Wildman–Crippen MR) is 29.0 cm³/mol. The summed E-state index contributed by atoms with van der Waals surface area (Å²) in [5.41, 5.74) is 0.500. The lowest BCUT2D eigenvalue weighted by molar-refractivity contribution is 1.41. The van der Waals surface area contributed by atoms with Crippen LogP contribution < -0.4 is 0 Å². The quantitative estimate of drug-likeness (QED) is 0.361. The molecule has 0 fully saturated rings. The number of nitrogens with zero attached hydrogens (tertiary/aromatic N) is 2. The second-order valence-electron chi connectivity index (χ2n) is 1.02. The molecule has 0 aromatic rings. The van der Waals surface area contributed by atoms with E-state index in [1.54, 1.807) is 13.0 Å². The summed E-state index contributed by atoms with van der Waals surface area (Å²) in [4.78, 5) is 2.87. The summed E-state index contributed by atoms with van der Waals surface area (Å²) in [7, 11) is 0. The van der Waals surface area contributed by atoms with Crippen molar-refractivity contribution in [3.63, 3.8) is 0 Å². The average molecular weight is 95.1 g/mol. The maximum Gasteiger partial charge on any atom is 0.380 e. The summed E-state index contributed by atoms with van der Waals surface area (Å²) >= 11 is 0. The third kappa shape index (κ3) is 1.72. The highest BCUT2D eigenvalue weighted by Crippen LogP contribution is 1.93. The average Bonchev–Trinajstić information content (AvgIpc) is 1.72. The molecule has 0 aromatic heterocycles. The van der Waals surface area contributed by atoms with Crippen molar-refractivity contribution in [2.75, 3.05) is 0 Å². The lowest BCUT2D eigenvalue weighted by atomic mass is 10.4. The summed E-state index contributed by atoms with van der Waals surface area (Å²) < 4.78 is 0. The first-order valence-electron chi connectivity index (χ1n) is 1.99. The van der Waals surface area contributed by atoms with Gasteiger partial charge in [0.15, 0.2) is 4.98 Å². The first kappa shape index (κ1) is 5.90. The number of hydrogen-bond donors (Lipinski definition) is 0. The van der Waals surface area contributed by atoms with Gasteiger partial charge in [-0.15, -0.1) is 0 Å². The monoisotopic (exact) mass is 95.1 g/mol. The fraction of sp³-hybridized carbons (Fsp3) is 0.200. The Morgan fingerprint density at radius 2 is 2.43 bits per heavy atom. The molecule has 0 spiro atoms. The first-order valence-corrected chi connectivity index (χ1v) is 1.99. The third-order valence-corrected chi connectivity index (χ3v) is 0.620. The van der Waals surface area contributed by atoms with Crippen molar-refractivity contribution in [1.82, 2.24) is 0 Å². The summed E-state index contributed by atoms with van der Waals surface area (Å²) in [5.74, 6) is 0. The van der Waals surface area contributed by atoms with Crippen LogP contribution in [0.2, 0.25) is 0 Å². The van der Waals surface area contributed by atoms with Gasteiger partial charge >= 0.3 is 5.70 Å². The van der Waals surface area contributed by atoms with Gasteiger partial charge in [-0.25, -0.2) is 0 Å². The molecule has 0 aliphatic rings. The molecule has 0 radical (unpaired) electrons. The van der Waals surface area contributed by atoms with Crippen LogP contribution >= 0.6 is 0 Å². The van der Waals surface area contributed by atoms with Gasteiger partial charge in [-0.2, -0.15) is 0 Å². The normalized spacial score (nSPS) is 10.0. The Kier molecular flexibility index (Phi) is 2.62. The van der Waals surface area contributed by atoms with E-state index in [9.17, 15) is 0 Å². The van der Waals surface area contributed by atoms with Crippen LogP contribution in [0.5, 0.6) is 0 Å². The summed E-state index contributed by atoms with van der Waals surface area (Å²) in [6.07, 6.45) is 3.13. The second-order valence-corrected chi connectivity index (χ2v) is 1.02. The molecule has 0 saturated heterocycles. The van der Waals surface area contributed by atoms with Crippen LogP contribution in [0.15, 0.2) is 24.4 Å². The van der Waals surface area contributed by atoms with Crippen LogP contribution in [0, 0.1) is 5.39 Å². The maximum absolute atomic E-state index is 8.01. The number of allylic oxidation sites excluding steroid dienone is 2. The highest BCUT2D eigenvalue weighted by atomic mass is 14.8. The minimum Gasteiger partial charge on any atom is -0.0910 e. The van der Waals surface area contributed by atoms with Crippen LogP contribution in [0.4, 0.5) is 0 Å². The van der Waals surface area contributed by atoms with Crippen LogP contribution in [0.25, 0.3) is 4.98 Å². The van der Waals surface area contributed by atoms with E-state index in [0.29, 0.717) is 5.70 Å². The maximum atomic E-state index is 8.01. The number of diazo groups is 1. The lowest BCUT2D eigenvalue weighted by Crippen LogP contribution is -1.58. The zero-order valence-corrected chi connectivity index (χ0v) is 4.26. The fourth-order valence-corrected chi connectivity index (χ4v) is 0.216. The van der Waals surface area contributed by atoms with Gasteiger partial charge in [0.2, 0.25) is 5.39 Å². The molecule has 0 unspecified atom stereocenters. The Labute approximate surface area is 42.8 Å². The smallest absolute Gasteiger partial charge is 0.0910 e. The largest absolute Gasteiger partial charge is 0.380 e. The molecule has 0 N–H and O–H groups in total. The molecule has 0 saturated carbocycles. The highest BCUT2D eigenvalue weighted by Gasteiger charge is 1.95.